The quantitative estimate of drug-likeness (QED) is 0.768. The summed E-state index contributed by atoms with van der Waals surface area (Å²) >= 11 is 1.75. The Morgan fingerprint density at radius 3 is 2.53 bits per heavy atom. The van der Waals surface area contributed by atoms with E-state index in [9.17, 15) is 0 Å². The SMILES string of the molecule is O/C=C/Cc1ccc(-c2cccs2)cc1. The number of benzene rings is 1. The maximum atomic E-state index is 8.55. The van der Waals surface area contributed by atoms with E-state index < -0.39 is 0 Å². The van der Waals surface area contributed by atoms with E-state index in [1.54, 1.807) is 17.4 Å². The molecule has 15 heavy (non-hydrogen) atoms. The van der Waals surface area contributed by atoms with Gasteiger partial charge in [0.2, 0.25) is 0 Å². The van der Waals surface area contributed by atoms with Crippen LogP contribution in [0.25, 0.3) is 10.4 Å². The predicted molar refractivity (Wildman–Crippen MR) is 65.2 cm³/mol. The summed E-state index contributed by atoms with van der Waals surface area (Å²) in [4.78, 5) is 1.29. The minimum absolute atomic E-state index is 0.779. The monoisotopic (exact) mass is 216 g/mol. The molecule has 2 rings (SSSR count). The molecule has 0 saturated carbocycles. The Labute approximate surface area is 93.3 Å². The Morgan fingerprint density at radius 1 is 1.13 bits per heavy atom. The summed E-state index contributed by atoms with van der Waals surface area (Å²) in [7, 11) is 0. The molecule has 0 unspecified atom stereocenters. The van der Waals surface area contributed by atoms with Gasteiger partial charge in [0, 0.05) is 4.88 Å². The van der Waals surface area contributed by atoms with Crippen LogP contribution in [0.5, 0.6) is 0 Å². The number of aliphatic hydroxyl groups is 1. The Balaban J connectivity index is 2.17. The molecule has 1 aromatic carbocycles. The molecular weight excluding hydrogens is 204 g/mol. The highest BCUT2D eigenvalue weighted by Crippen LogP contribution is 2.24. The molecule has 0 bridgehead atoms. The molecule has 0 fully saturated rings. The Morgan fingerprint density at radius 2 is 1.93 bits per heavy atom. The molecule has 0 aliphatic carbocycles. The van der Waals surface area contributed by atoms with Crippen LogP contribution in [0.15, 0.2) is 54.1 Å². The lowest BCUT2D eigenvalue weighted by Crippen LogP contribution is -1.80. The summed E-state index contributed by atoms with van der Waals surface area (Å²) in [6, 6.07) is 12.6. The topological polar surface area (TPSA) is 20.2 Å². The van der Waals surface area contributed by atoms with Gasteiger partial charge < -0.3 is 5.11 Å². The van der Waals surface area contributed by atoms with Crippen LogP contribution < -0.4 is 0 Å². The van der Waals surface area contributed by atoms with Crippen molar-refractivity contribution < 1.29 is 5.11 Å². The average molecular weight is 216 g/mol. The highest BCUT2D eigenvalue weighted by molar-refractivity contribution is 7.13. The lowest BCUT2D eigenvalue weighted by molar-refractivity contribution is 0.471. The number of rotatable bonds is 3. The summed E-state index contributed by atoms with van der Waals surface area (Å²) in [5.41, 5.74) is 2.46. The number of hydrogen-bond acceptors (Lipinski definition) is 2. The van der Waals surface area contributed by atoms with E-state index in [4.69, 9.17) is 5.11 Å². The molecule has 0 aliphatic rings. The van der Waals surface area contributed by atoms with Crippen molar-refractivity contribution in [1.82, 2.24) is 0 Å². The van der Waals surface area contributed by atoms with E-state index in [2.05, 4.69) is 41.8 Å². The Hall–Kier alpha value is -1.54. The molecule has 1 nitrogen and oxygen atoms in total. The molecule has 76 valence electrons. The summed E-state index contributed by atoms with van der Waals surface area (Å²) in [5, 5.41) is 10.6. The molecule has 2 aromatic rings. The fraction of sp³-hybridized carbons (Fsp3) is 0.0769. The normalized spacial score (nSPS) is 10.9. The lowest BCUT2D eigenvalue weighted by atomic mass is 10.1. The fourth-order valence-electron chi connectivity index (χ4n) is 1.44. The van der Waals surface area contributed by atoms with Crippen molar-refractivity contribution in [2.45, 2.75) is 6.42 Å². The number of allylic oxidation sites excluding steroid dienone is 1. The van der Waals surface area contributed by atoms with Gasteiger partial charge in [0.1, 0.15) is 0 Å². The minimum Gasteiger partial charge on any atom is -0.516 e. The van der Waals surface area contributed by atoms with Crippen LogP contribution in [0, 0.1) is 0 Å². The van der Waals surface area contributed by atoms with Crippen molar-refractivity contribution in [3.05, 3.63) is 59.7 Å². The molecule has 0 atom stereocenters. The molecule has 2 heteroatoms. The van der Waals surface area contributed by atoms with Gasteiger partial charge in [0.15, 0.2) is 0 Å². The fourth-order valence-corrected chi connectivity index (χ4v) is 2.17. The summed E-state index contributed by atoms with van der Waals surface area (Å²) in [6.45, 7) is 0. The highest BCUT2D eigenvalue weighted by atomic mass is 32.1. The minimum atomic E-state index is 0.779. The first kappa shape index (κ1) is 9.99. The summed E-state index contributed by atoms with van der Waals surface area (Å²) in [5.74, 6) is 0. The predicted octanol–water partition coefficient (Wildman–Crippen LogP) is 4.03. The molecule has 1 heterocycles. The van der Waals surface area contributed by atoms with Crippen LogP contribution in [0.3, 0.4) is 0 Å². The van der Waals surface area contributed by atoms with Crippen LogP contribution in [-0.2, 0) is 6.42 Å². The molecular formula is C13H12OS. The summed E-state index contributed by atoms with van der Waals surface area (Å²) < 4.78 is 0. The smallest absolute Gasteiger partial charge is 0.0755 e. The van der Waals surface area contributed by atoms with Gasteiger partial charge >= 0.3 is 0 Å². The van der Waals surface area contributed by atoms with E-state index >= 15 is 0 Å². The van der Waals surface area contributed by atoms with E-state index in [0.29, 0.717) is 0 Å². The standard InChI is InChI=1S/C13H12OS/c14-9-1-3-11-5-7-12(8-6-11)13-4-2-10-15-13/h1-2,4-10,14H,3H2/b9-1+. The zero-order valence-electron chi connectivity index (χ0n) is 8.26. The first-order valence-electron chi connectivity index (χ1n) is 4.82. The van der Waals surface area contributed by atoms with Gasteiger partial charge in [-0.1, -0.05) is 30.3 Å². The maximum Gasteiger partial charge on any atom is 0.0755 e. The third-order valence-electron chi connectivity index (χ3n) is 2.22. The maximum absolute atomic E-state index is 8.55. The van der Waals surface area contributed by atoms with Crippen molar-refractivity contribution in [2.24, 2.45) is 0 Å². The molecule has 0 radical (unpaired) electrons. The first-order chi connectivity index (χ1) is 7.40. The van der Waals surface area contributed by atoms with E-state index in [0.717, 1.165) is 12.7 Å². The average Bonchev–Trinajstić information content (AvgIpc) is 2.80. The van der Waals surface area contributed by atoms with Crippen LogP contribution in [0.1, 0.15) is 5.56 Å². The zero-order chi connectivity index (χ0) is 10.5. The molecule has 1 aromatic heterocycles. The van der Waals surface area contributed by atoms with Gasteiger partial charge in [0.25, 0.3) is 0 Å². The second-order valence-electron chi connectivity index (χ2n) is 3.26. The second kappa shape index (κ2) is 4.80. The Kier molecular flexibility index (Phi) is 3.20. The third-order valence-corrected chi connectivity index (χ3v) is 3.14. The zero-order valence-corrected chi connectivity index (χ0v) is 9.08. The molecule has 0 spiro atoms. The first-order valence-corrected chi connectivity index (χ1v) is 5.70. The van der Waals surface area contributed by atoms with E-state index in [1.807, 2.05) is 0 Å². The van der Waals surface area contributed by atoms with E-state index in [-0.39, 0.29) is 0 Å². The summed E-state index contributed by atoms with van der Waals surface area (Å²) in [6.07, 6.45) is 3.61. The highest BCUT2D eigenvalue weighted by Gasteiger charge is 1.97. The van der Waals surface area contributed by atoms with Gasteiger partial charge in [-0.25, -0.2) is 0 Å². The van der Waals surface area contributed by atoms with Crippen LogP contribution in [0.4, 0.5) is 0 Å². The van der Waals surface area contributed by atoms with Crippen LogP contribution in [-0.4, -0.2) is 5.11 Å². The molecule has 0 amide bonds. The van der Waals surface area contributed by atoms with Crippen LogP contribution in [0.2, 0.25) is 0 Å². The van der Waals surface area contributed by atoms with Crippen molar-refractivity contribution in [2.75, 3.05) is 0 Å². The second-order valence-corrected chi connectivity index (χ2v) is 4.21. The van der Waals surface area contributed by atoms with Crippen molar-refractivity contribution >= 4 is 11.3 Å². The largest absolute Gasteiger partial charge is 0.516 e. The van der Waals surface area contributed by atoms with Gasteiger partial charge in [-0.3, -0.25) is 0 Å². The molecule has 0 aliphatic heterocycles. The van der Waals surface area contributed by atoms with Gasteiger partial charge in [0.05, 0.1) is 6.26 Å². The Bertz CT molecular complexity index is 426. The third kappa shape index (κ3) is 2.48. The van der Waals surface area contributed by atoms with E-state index in [1.165, 1.54) is 16.0 Å². The van der Waals surface area contributed by atoms with Crippen molar-refractivity contribution in [3.63, 3.8) is 0 Å². The van der Waals surface area contributed by atoms with Gasteiger partial charge in [-0.05, 0) is 35.1 Å². The van der Waals surface area contributed by atoms with Crippen molar-refractivity contribution in [1.29, 1.82) is 0 Å². The van der Waals surface area contributed by atoms with Crippen molar-refractivity contribution in [3.8, 4) is 10.4 Å². The number of aliphatic hydroxyl groups excluding tert-OH is 1. The van der Waals surface area contributed by atoms with Gasteiger partial charge in [-0.15, -0.1) is 11.3 Å². The number of thiophene rings is 1. The van der Waals surface area contributed by atoms with Gasteiger partial charge in [-0.2, -0.15) is 0 Å². The molecule has 1 N–H and O–H groups in total. The molecule has 0 saturated heterocycles. The van der Waals surface area contributed by atoms with Crippen LogP contribution >= 0.6 is 11.3 Å². The number of hydrogen-bond donors (Lipinski definition) is 1. The lowest BCUT2D eigenvalue weighted by Gasteiger charge is -1.99.